The Morgan fingerprint density at radius 2 is 1.48 bits per heavy atom. The number of fused-ring (bicyclic) bond motifs is 1. The molecular formula is C24H33NOSi. The van der Waals surface area contributed by atoms with Gasteiger partial charge in [-0.3, -0.25) is 4.90 Å². The molecule has 2 aliphatic heterocycles. The molecule has 2 fully saturated rings. The summed E-state index contributed by atoms with van der Waals surface area (Å²) in [6, 6.07) is 23.5. The summed E-state index contributed by atoms with van der Waals surface area (Å²) in [5.74, 6) is 0. The fourth-order valence-corrected chi connectivity index (χ4v) is 9.96. The fraction of sp³-hybridized carbons (Fsp3) is 0.500. The molecule has 2 heterocycles. The Labute approximate surface area is 165 Å². The molecule has 3 heteroatoms. The molecule has 0 unspecified atom stereocenters. The van der Waals surface area contributed by atoms with Crippen LogP contribution in [0.3, 0.4) is 0 Å². The molecule has 0 aliphatic carbocycles. The molecule has 4 rings (SSSR count). The standard InChI is InChI=1S/C24H33NOSi/c1-24(2,3)27(22-12-6-4-7-13-22,23-14-8-5-9-15-23)26-19-21-17-16-20-11-10-18-25(20)21/h4-9,12-15,20-21H,10-11,16-19H2,1-3H3/t20-,21+/m0/s1. The van der Waals surface area contributed by atoms with Crippen LogP contribution in [-0.2, 0) is 4.43 Å². The van der Waals surface area contributed by atoms with Crippen molar-refractivity contribution >= 4 is 18.7 Å². The highest BCUT2D eigenvalue weighted by atomic mass is 28.4. The first-order chi connectivity index (χ1) is 13.0. The lowest BCUT2D eigenvalue weighted by atomic mass is 10.1. The molecule has 0 amide bonds. The number of rotatable bonds is 5. The van der Waals surface area contributed by atoms with Crippen LogP contribution in [0.1, 0.15) is 46.5 Å². The Bertz CT molecular complexity index is 700. The summed E-state index contributed by atoms with van der Waals surface area (Å²) in [6.45, 7) is 9.23. The molecule has 2 nitrogen and oxygen atoms in total. The molecule has 0 bridgehead atoms. The van der Waals surface area contributed by atoms with Crippen molar-refractivity contribution in [2.24, 2.45) is 0 Å². The van der Waals surface area contributed by atoms with Crippen LogP contribution in [0, 0.1) is 0 Å². The second kappa shape index (κ2) is 7.54. The first kappa shape index (κ1) is 18.9. The topological polar surface area (TPSA) is 12.5 Å². The van der Waals surface area contributed by atoms with E-state index in [0.717, 1.165) is 12.6 Å². The number of hydrogen-bond donors (Lipinski definition) is 0. The van der Waals surface area contributed by atoms with Crippen LogP contribution in [0.2, 0.25) is 5.04 Å². The molecule has 144 valence electrons. The van der Waals surface area contributed by atoms with E-state index in [4.69, 9.17) is 4.43 Å². The zero-order chi connectivity index (χ0) is 18.9. The number of nitrogens with zero attached hydrogens (tertiary/aromatic N) is 1. The highest BCUT2D eigenvalue weighted by molar-refractivity contribution is 6.99. The average molecular weight is 380 g/mol. The van der Waals surface area contributed by atoms with Gasteiger partial charge >= 0.3 is 0 Å². The second-order valence-electron chi connectivity index (χ2n) is 9.24. The monoisotopic (exact) mass is 379 g/mol. The maximum Gasteiger partial charge on any atom is 0.261 e. The van der Waals surface area contributed by atoms with E-state index < -0.39 is 8.32 Å². The molecule has 2 saturated heterocycles. The van der Waals surface area contributed by atoms with Gasteiger partial charge in [0.1, 0.15) is 0 Å². The lowest BCUT2D eigenvalue weighted by molar-refractivity contribution is 0.162. The molecule has 27 heavy (non-hydrogen) atoms. The molecular weight excluding hydrogens is 346 g/mol. The summed E-state index contributed by atoms with van der Waals surface area (Å²) >= 11 is 0. The van der Waals surface area contributed by atoms with Gasteiger partial charge in [-0.05, 0) is 47.6 Å². The Hall–Kier alpha value is -1.42. The molecule has 2 aromatic carbocycles. The van der Waals surface area contributed by atoms with Crippen LogP contribution < -0.4 is 10.4 Å². The van der Waals surface area contributed by atoms with Crippen molar-refractivity contribution in [3.05, 3.63) is 60.7 Å². The van der Waals surface area contributed by atoms with E-state index >= 15 is 0 Å². The van der Waals surface area contributed by atoms with Crippen LogP contribution in [0.4, 0.5) is 0 Å². The molecule has 0 N–H and O–H groups in total. The fourth-order valence-electron chi connectivity index (χ4n) is 5.36. The highest BCUT2D eigenvalue weighted by Gasteiger charge is 2.51. The molecule has 0 saturated carbocycles. The van der Waals surface area contributed by atoms with Gasteiger partial charge in [0.2, 0.25) is 0 Å². The number of benzene rings is 2. The van der Waals surface area contributed by atoms with Crippen molar-refractivity contribution in [3.63, 3.8) is 0 Å². The van der Waals surface area contributed by atoms with Crippen molar-refractivity contribution in [1.82, 2.24) is 4.90 Å². The van der Waals surface area contributed by atoms with Gasteiger partial charge in [-0.25, -0.2) is 0 Å². The molecule has 2 aromatic rings. The van der Waals surface area contributed by atoms with Crippen LogP contribution in [0.15, 0.2) is 60.7 Å². The first-order valence-electron chi connectivity index (χ1n) is 10.5. The Kier molecular flexibility index (Phi) is 5.28. The molecule has 2 aliphatic rings. The van der Waals surface area contributed by atoms with Crippen molar-refractivity contribution in [2.45, 2.75) is 63.6 Å². The Morgan fingerprint density at radius 3 is 2.04 bits per heavy atom. The van der Waals surface area contributed by atoms with E-state index in [0.29, 0.717) is 6.04 Å². The van der Waals surface area contributed by atoms with E-state index in [9.17, 15) is 0 Å². The summed E-state index contributed by atoms with van der Waals surface area (Å²) in [6.07, 6.45) is 5.40. The predicted octanol–water partition coefficient (Wildman–Crippen LogP) is 4.19. The lowest BCUT2D eigenvalue weighted by Gasteiger charge is -2.44. The zero-order valence-electron chi connectivity index (χ0n) is 17.0. The van der Waals surface area contributed by atoms with Crippen LogP contribution >= 0.6 is 0 Å². The minimum atomic E-state index is -2.39. The summed E-state index contributed by atoms with van der Waals surface area (Å²) in [5.41, 5.74) is 0. The van der Waals surface area contributed by atoms with Crippen molar-refractivity contribution in [1.29, 1.82) is 0 Å². The van der Waals surface area contributed by atoms with E-state index in [1.165, 1.54) is 42.6 Å². The van der Waals surface area contributed by atoms with Crippen molar-refractivity contribution in [3.8, 4) is 0 Å². The third-order valence-electron chi connectivity index (χ3n) is 6.63. The normalized spacial score (nSPS) is 23.5. The van der Waals surface area contributed by atoms with Gasteiger partial charge in [0.25, 0.3) is 8.32 Å². The van der Waals surface area contributed by atoms with Gasteiger partial charge < -0.3 is 4.43 Å². The average Bonchev–Trinajstić information content (AvgIpc) is 3.27. The van der Waals surface area contributed by atoms with Gasteiger partial charge in [0.15, 0.2) is 0 Å². The summed E-state index contributed by atoms with van der Waals surface area (Å²) in [7, 11) is -2.39. The van der Waals surface area contributed by atoms with Crippen LogP contribution in [-0.4, -0.2) is 38.5 Å². The Morgan fingerprint density at radius 1 is 0.889 bits per heavy atom. The van der Waals surface area contributed by atoms with Crippen molar-refractivity contribution < 1.29 is 4.43 Å². The highest BCUT2D eigenvalue weighted by Crippen LogP contribution is 2.38. The minimum Gasteiger partial charge on any atom is -0.406 e. The van der Waals surface area contributed by atoms with E-state index in [2.05, 4.69) is 86.3 Å². The van der Waals surface area contributed by atoms with Crippen LogP contribution in [0.5, 0.6) is 0 Å². The third-order valence-corrected chi connectivity index (χ3v) is 11.6. The SMILES string of the molecule is CC(C)(C)[Si](OC[C@H]1CC[C@@H]2CCCN21)(c1ccccc1)c1ccccc1. The second-order valence-corrected chi connectivity index (χ2v) is 13.5. The molecule has 2 atom stereocenters. The van der Waals surface area contributed by atoms with Gasteiger partial charge in [0, 0.05) is 12.1 Å². The largest absolute Gasteiger partial charge is 0.406 e. The maximum absolute atomic E-state index is 7.16. The van der Waals surface area contributed by atoms with Crippen LogP contribution in [0.25, 0.3) is 0 Å². The quantitative estimate of drug-likeness (QED) is 0.722. The predicted molar refractivity (Wildman–Crippen MR) is 116 cm³/mol. The zero-order valence-corrected chi connectivity index (χ0v) is 18.0. The smallest absolute Gasteiger partial charge is 0.261 e. The number of hydrogen-bond acceptors (Lipinski definition) is 2. The van der Waals surface area contributed by atoms with Gasteiger partial charge in [-0.1, -0.05) is 81.4 Å². The minimum absolute atomic E-state index is 0.0682. The third kappa shape index (κ3) is 3.41. The first-order valence-corrected chi connectivity index (χ1v) is 12.4. The molecule has 0 radical (unpaired) electrons. The van der Waals surface area contributed by atoms with Gasteiger partial charge in [-0.15, -0.1) is 0 Å². The molecule has 0 spiro atoms. The van der Waals surface area contributed by atoms with Gasteiger partial charge in [0.05, 0.1) is 6.61 Å². The van der Waals surface area contributed by atoms with Crippen molar-refractivity contribution in [2.75, 3.05) is 13.2 Å². The van der Waals surface area contributed by atoms with Gasteiger partial charge in [-0.2, -0.15) is 0 Å². The summed E-state index contributed by atoms with van der Waals surface area (Å²) in [4.78, 5) is 2.73. The van der Waals surface area contributed by atoms with E-state index in [-0.39, 0.29) is 5.04 Å². The lowest BCUT2D eigenvalue weighted by Crippen LogP contribution is -2.67. The molecule has 0 aromatic heterocycles. The van der Waals surface area contributed by atoms with E-state index in [1.807, 2.05) is 0 Å². The summed E-state index contributed by atoms with van der Waals surface area (Å²) in [5, 5.41) is 2.85. The Balaban J connectivity index is 1.71. The van der Waals surface area contributed by atoms with E-state index in [1.54, 1.807) is 0 Å². The summed E-state index contributed by atoms with van der Waals surface area (Å²) < 4.78 is 7.16. The maximum atomic E-state index is 7.16.